The molecule has 1 aliphatic heterocycles. The molecule has 0 aromatic heterocycles. The van der Waals surface area contributed by atoms with E-state index in [1.807, 2.05) is 0 Å². The molecule has 2 N–H and O–H groups in total. The summed E-state index contributed by atoms with van der Waals surface area (Å²) in [5.41, 5.74) is -0.0317. The van der Waals surface area contributed by atoms with Crippen LogP contribution in [0.15, 0.2) is 23.1 Å². The van der Waals surface area contributed by atoms with Gasteiger partial charge in [-0.25, -0.2) is 17.9 Å². The minimum atomic E-state index is -4.06. The van der Waals surface area contributed by atoms with E-state index in [1.54, 1.807) is 7.11 Å². The maximum Gasteiger partial charge on any atom is 0.254 e. The SMILES string of the molecule is COC1CCCN(C(=O)c2cc(F)cc(S(N)(=O)=O)c2)C1. The summed E-state index contributed by atoms with van der Waals surface area (Å²) in [6.45, 7) is 0.927. The topological polar surface area (TPSA) is 89.7 Å². The molecule has 1 fully saturated rings. The molecule has 1 heterocycles. The van der Waals surface area contributed by atoms with Crippen LogP contribution in [0.3, 0.4) is 0 Å². The zero-order chi connectivity index (χ0) is 15.6. The number of methoxy groups -OCH3 is 1. The number of benzene rings is 1. The molecule has 0 aliphatic carbocycles. The number of sulfonamides is 1. The fourth-order valence-corrected chi connectivity index (χ4v) is 2.92. The van der Waals surface area contributed by atoms with Crippen molar-refractivity contribution in [2.45, 2.75) is 23.8 Å². The van der Waals surface area contributed by atoms with Crippen LogP contribution in [0, 0.1) is 5.82 Å². The largest absolute Gasteiger partial charge is 0.380 e. The number of ether oxygens (including phenoxy) is 1. The molecule has 1 amide bonds. The lowest BCUT2D eigenvalue weighted by Crippen LogP contribution is -2.43. The third-order valence-electron chi connectivity index (χ3n) is 3.45. The van der Waals surface area contributed by atoms with Crippen LogP contribution in [0.5, 0.6) is 0 Å². The number of rotatable bonds is 3. The van der Waals surface area contributed by atoms with Crippen molar-refractivity contribution in [3.05, 3.63) is 29.6 Å². The van der Waals surface area contributed by atoms with Gasteiger partial charge in [-0.05, 0) is 31.0 Å². The summed E-state index contributed by atoms with van der Waals surface area (Å²) in [5.74, 6) is -1.24. The Morgan fingerprint density at radius 2 is 2.14 bits per heavy atom. The Kier molecular flexibility index (Phi) is 4.60. The van der Waals surface area contributed by atoms with Gasteiger partial charge in [-0.15, -0.1) is 0 Å². The van der Waals surface area contributed by atoms with Crippen molar-refractivity contribution in [3.63, 3.8) is 0 Å². The van der Waals surface area contributed by atoms with Crippen LogP contribution < -0.4 is 5.14 Å². The minimum absolute atomic E-state index is 0.0317. The lowest BCUT2D eigenvalue weighted by atomic mass is 10.1. The van der Waals surface area contributed by atoms with Crippen molar-refractivity contribution in [1.82, 2.24) is 4.90 Å². The second kappa shape index (κ2) is 6.08. The van der Waals surface area contributed by atoms with Crippen LogP contribution >= 0.6 is 0 Å². The Bertz CT molecular complexity index is 648. The van der Waals surface area contributed by atoms with Gasteiger partial charge in [0.25, 0.3) is 5.91 Å². The average molecular weight is 316 g/mol. The number of hydrogen-bond acceptors (Lipinski definition) is 4. The number of likely N-dealkylation sites (tertiary alicyclic amines) is 1. The van der Waals surface area contributed by atoms with Gasteiger partial charge < -0.3 is 9.64 Å². The molecular weight excluding hydrogens is 299 g/mol. The third-order valence-corrected chi connectivity index (χ3v) is 4.34. The van der Waals surface area contributed by atoms with Gasteiger partial charge in [0.15, 0.2) is 0 Å². The molecule has 0 spiro atoms. The predicted octanol–water partition coefficient (Wildman–Crippen LogP) is 0.724. The van der Waals surface area contributed by atoms with Crippen molar-refractivity contribution in [2.24, 2.45) is 5.14 Å². The van der Waals surface area contributed by atoms with Crippen LogP contribution in [0.1, 0.15) is 23.2 Å². The standard InChI is InChI=1S/C13H17FN2O4S/c1-20-11-3-2-4-16(8-11)13(17)9-5-10(14)7-12(6-9)21(15,18)19/h5-7,11H,2-4,8H2,1H3,(H2,15,18,19). The van der Waals surface area contributed by atoms with E-state index in [-0.39, 0.29) is 11.7 Å². The molecule has 21 heavy (non-hydrogen) atoms. The van der Waals surface area contributed by atoms with E-state index >= 15 is 0 Å². The van der Waals surface area contributed by atoms with Crippen molar-refractivity contribution < 1.29 is 22.3 Å². The van der Waals surface area contributed by atoms with Crippen molar-refractivity contribution in [2.75, 3.05) is 20.2 Å². The highest BCUT2D eigenvalue weighted by atomic mass is 32.2. The molecule has 1 aromatic carbocycles. The number of carbonyl (C=O) groups excluding carboxylic acids is 1. The number of halogens is 1. The highest BCUT2D eigenvalue weighted by Crippen LogP contribution is 2.18. The first-order valence-corrected chi connectivity index (χ1v) is 8.01. The Balaban J connectivity index is 2.29. The molecule has 1 aliphatic rings. The van der Waals surface area contributed by atoms with Gasteiger partial charge in [-0.3, -0.25) is 4.79 Å². The Hall–Kier alpha value is -1.51. The maximum absolute atomic E-state index is 13.5. The number of carbonyl (C=O) groups is 1. The van der Waals surface area contributed by atoms with Crippen molar-refractivity contribution in [3.8, 4) is 0 Å². The summed E-state index contributed by atoms with van der Waals surface area (Å²) < 4.78 is 41.3. The molecule has 2 rings (SSSR count). The first kappa shape index (κ1) is 15.9. The highest BCUT2D eigenvalue weighted by Gasteiger charge is 2.25. The summed E-state index contributed by atoms with van der Waals surface area (Å²) in [7, 11) is -2.49. The predicted molar refractivity (Wildman–Crippen MR) is 73.7 cm³/mol. The summed E-state index contributed by atoms with van der Waals surface area (Å²) in [6.07, 6.45) is 1.57. The van der Waals surface area contributed by atoms with Crippen LogP contribution in [0.25, 0.3) is 0 Å². The number of hydrogen-bond donors (Lipinski definition) is 1. The van der Waals surface area contributed by atoms with E-state index in [0.29, 0.717) is 13.1 Å². The smallest absolute Gasteiger partial charge is 0.254 e. The molecule has 1 atom stereocenters. The number of nitrogens with two attached hydrogens (primary N) is 1. The van der Waals surface area contributed by atoms with Crippen LogP contribution in [0.2, 0.25) is 0 Å². The van der Waals surface area contributed by atoms with Gasteiger partial charge in [0, 0.05) is 25.8 Å². The molecule has 1 unspecified atom stereocenters. The van der Waals surface area contributed by atoms with Crippen molar-refractivity contribution in [1.29, 1.82) is 0 Å². The quantitative estimate of drug-likeness (QED) is 0.890. The zero-order valence-corrected chi connectivity index (χ0v) is 12.4. The molecule has 0 radical (unpaired) electrons. The second-order valence-electron chi connectivity index (χ2n) is 4.97. The lowest BCUT2D eigenvalue weighted by molar-refractivity contribution is 0.0268. The Morgan fingerprint density at radius 3 is 2.76 bits per heavy atom. The number of nitrogens with zero attached hydrogens (tertiary/aromatic N) is 1. The van der Waals surface area contributed by atoms with E-state index in [2.05, 4.69) is 0 Å². The summed E-state index contributed by atoms with van der Waals surface area (Å²) in [5, 5.41) is 4.98. The van der Waals surface area contributed by atoms with Crippen LogP contribution in [0.4, 0.5) is 4.39 Å². The number of primary sulfonamides is 1. The Morgan fingerprint density at radius 1 is 1.43 bits per heavy atom. The first-order valence-electron chi connectivity index (χ1n) is 6.46. The van der Waals surface area contributed by atoms with Crippen LogP contribution in [-0.2, 0) is 14.8 Å². The summed E-state index contributed by atoms with van der Waals surface area (Å²) >= 11 is 0. The van der Waals surface area contributed by atoms with E-state index in [9.17, 15) is 17.6 Å². The average Bonchev–Trinajstić information content (AvgIpc) is 2.45. The van der Waals surface area contributed by atoms with E-state index in [4.69, 9.17) is 9.88 Å². The van der Waals surface area contributed by atoms with Crippen molar-refractivity contribution >= 4 is 15.9 Å². The molecule has 0 saturated carbocycles. The van der Waals surface area contributed by atoms with E-state index in [1.165, 1.54) is 4.90 Å². The number of piperidine rings is 1. The number of amides is 1. The van der Waals surface area contributed by atoms with E-state index in [0.717, 1.165) is 31.0 Å². The van der Waals surface area contributed by atoms with Gasteiger partial charge in [0.2, 0.25) is 10.0 Å². The molecule has 8 heteroatoms. The molecule has 6 nitrogen and oxygen atoms in total. The maximum atomic E-state index is 13.5. The first-order chi connectivity index (χ1) is 9.81. The molecule has 1 aromatic rings. The van der Waals surface area contributed by atoms with Gasteiger partial charge in [-0.2, -0.15) is 0 Å². The minimum Gasteiger partial charge on any atom is -0.380 e. The molecule has 116 valence electrons. The monoisotopic (exact) mass is 316 g/mol. The lowest BCUT2D eigenvalue weighted by Gasteiger charge is -2.32. The second-order valence-corrected chi connectivity index (χ2v) is 6.53. The van der Waals surface area contributed by atoms with Gasteiger partial charge in [0.1, 0.15) is 5.82 Å². The Labute approximate surface area is 122 Å². The third kappa shape index (κ3) is 3.78. The summed E-state index contributed by atoms with van der Waals surface area (Å²) in [6, 6.07) is 2.89. The highest BCUT2D eigenvalue weighted by molar-refractivity contribution is 7.89. The van der Waals surface area contributed by atoms with Crippen LogP contribution in [-0.4, -0.2) is 45.5 Å². The zero-order valence-electron chi connectivity index (χ0n) is 11.6. The van der Waals surface area contributed by atoms with Gasteiger partial charge in [0.05, 0.1) is 11.0 Å². The fraction of sp³-hybridized carbons (Fsp3) is 0.462. The normalized spacial score (nSPS) is 19.6. The molecule has 1 saturated heterocycles. The fourth-order valence-electron chi connectivity index (χ4n) is 2.35. The molecule has 0 bridgehead atoms. The summed E-state index contributed by atoms with van der Waals surface area (Å²) in [4.78, 5) is 13.5. The van der Waals surface area contributed by atoms with Gasteiger partial charge >= 0.3 is 0 Å². The van der Waals surface area contributed by atoms with Gasteiger partial charge in [-0.1, -0.05) is 0 Å². The molecular formula is C13H17FN2O4S. The van der Waals surface area contributed by atoms with E-state index < -0.39 is 26.6 Å².